The first-order valence-electron chi connectivity index (χ1n) is 5.53. The van der Waals surface area contributed by atoms with E-state index in [1.165, 1.54) is 0 Å². The number of aryl methyl sites for hydroxylation is 1. The van der Waals surface area contributed by atoms with Crippen LogP contribution in [0.4, 0.5) is 5.95 Å². The molecule has 0 bridgehead atoms. The van der Waals surface area contributed by atoms with Crippen molar-refractivity contribution in [3.05, 3.63) is 23.8 Å². The van der Waals surface area contributed by atoms with Crippen LogP contribution in [0.1, 0.15) is 18.5 Å². The highest BCUT2D eigenvalue weighted by Crippen LogP contribution is 2.23. The predicted octanol–water partition coefficient (Wildman–Crippen LogP) is 1.87. The van der Waals surface area contributed by atoms with Crippen molar-refractivity contribution in [1.82, 2.24) is 9.55 Å². The molecule has 4 nitrogen and oxygen atoms in total. The number of aromatic nitrogens is 2. The van der Waals surface area contributed by atoms with Crippen molar-refractivity contribution in [1.29, 1.82) is 0 Å². The van der Waals surface area contributed by atoms with E-state index in [1.54, 1.807) is 6.26 Å². The maximum atomic E-state index is 11.3. The molecule has 1 heterocycles. The number of fused-ring (bicyclic) bond motifs is 1. The van der Waals surface area contributed by atoms with Crippen molar-refractivity contribution in [2.24, 2.45) is 0 Å². The average Bonchev–Trinajstić information content (AvgIpc) is 2.51. The van der Waals surface area contributed by atoms with Gasteiger partial charge in [0.2, 0.25) is 5.95 Å². The summed E-state index contributed by atoms with van der Waals surface area (Å²) in [7, 11) is -0.840. The number of hydrogen-bond donors (Lipinski definition) is 1. The molecule has 0 radical (unpaired) electrons. The maximum absolute atomic E-state index is 11.3. The second-order valence-electron chi connectivity index (χ2n) is 4.42. The van der Waals surface area contributed by atoms with Crippen LogP contribution in [0.2, 0.25) is 0 Å². The summed E-state index contributed by atoms with van der Waals surface area (Å²) < 4.78 is 13.2. The Balaban J connectivity index is 2.53. The van der Waals surface area contributed by atoms with Crippen molar-refractivity contribution < 1.29 is 4.21 Å². The molecule has 2 atom stereocenters. The fourth-order valence-corrected chi connectivity index (χ4v) is 2.93. The zero-order valence-corrected chi connectivity index (χ0v) is 11.1. The second kappa shape index (κ2) is 4.49. The average molecular weight is 251 g/mol. The third-order valence-corrected chi connectivity index (χ3v) is 3.74. The zero-order valence-electron chi connectivity index (χ0n) is 10.3. The molecule has 0 fully saturated rings. The van der Waals surface area contributed by atoms with Crippen LogP contribution in [0.15, 0.2) is 18.2 Å². The Morgan fingerprint density at radius 3 is 2.88 bits per heavy atom. The SMILES string of the molecule is Cc1ccc2c(c1)nc(N)n2C(C)CS(C)=O. The fourth-order valence-electron chi connectivity index (χ4n) is 2.10. The fraction of sp³-hybridized carbons (Fsp3) is 0.417. The number of rotatable bonds is 3. The van der Waals surface area contributed by atoms with Crippen LogP contribution in [-0.4, -0.2) is 25.8 Å². The van der Waals surface area contributed by atoms with Gasteiger partial charge in [-0.15, -0.1) is 0 Å². The van der Waals surface area contributed by atoms with Crippen molar-refractivity contribution in [3.63, 3.8) is 0 Å². The van der Waals surface area contributed by atoms with Gasteiger partial charge in [0.15, 0.2) is 0 Å². The Labute approximate surface area is 103 Å². The normalized spacial score (nSPS) is 15.0. The number of benzene rings is 1. The molecule has 0 spiro atoms. The standard InChI is InChI=1S/C12H17N3OS/c1-8-4-5-11-10(6-8)14-12(13)15(11)9(2)7-17(3)16/h4-6,9H,7H2,1-3H3,(H2,13,14). The van der Waals surface area contributed by atoms with Gasteiger partial charge in [0.1, 0.15) is 0 Å². The molecule has 2 rings (SSSR count). The number of nitrogen functional groups attached to an aromatic ring is 1. The minimum atomic E-state index is -0.840. The summed E-state index contributed by atoms with van der Waals surface area (Å²) in [6.07, 6.45) is 1.70. The van der Waals surface area contributed by atoms with E-state index in [-0.39, 0.29) is 6.04 Å². The zero-order chi connectivity index (χ0) is 12.6. The van der Waals surface area contributed by atoms with Gasteiger partial charge in [-0.2, -0.15) is 0 Å². The summed E-state index contributed by atoms with van der Waals surface area (Å²) in [4.78, 5) is 4.34. The van der Waals surface area contributed by atoms with E-state index < -0.39 is 10.8 Å². The predicted molar refractivity (Wildman–Crippen MR) is 72.5 cm³/mol. The van der Waals surface area contributed by atoms with Crippen LogP contribution in [0.25, 0.3) is 11.0 Å². The first kappa shape index (κ1) is 12.1. The van der Waals surface area contributed by atoms with Gasteiger partial charge in [0, 0.05) is 28.9 Å². The van der Waals surface area contributed by atoms with Crippen molar-refractivity contribution in [3.8, 4) is 0 Å². The lowest BCUT2D eigenvalue weighted by Gasteiger charge is -2.14. The third-order valence-electron chi connectivity index (χ3n) is 2.79. The number of nitrogens with zero attached hydrogens (tertiary/aromatic N) is 2. The molecular formula is C12H17N3OS. The Bertz CT molecular complexity index is 576. The molecule has 17 heavy (non-hydrogen) atoms. The molecule has 92 valence electrons. The highest BCUT2D eigenvalue weighted by atomic mass is 32.2. The second-order valence-corrected chi connectivity index (χ2v) is 5.90. The van der Waals surface area contributed by atoms with E-state index in [2.05, 4.69) is 4.98 Å². The van der Waals surface area contributed by atoms with Gasteiger partial charge in [-0.25, -0.2) is 4.98 Å². The monoisotopic (exact) mass is 251 g/mol. The third kappa shape index (κ3) is 2.34. The maximum Gasteiger partial charge on any atom is 0.201 e. The molecule has 2 unspecified atom stereocenters. The summed E-state index contributed by atoms with van der Waals surface area (Å²) >= 11 is 0. The number of imidazole rings is 1. The largest absolute Gasteiger partial charge is 0.369 e. The van der Waals surface area contributed by atoms with Crippen molar-refractivity contribution in [2.75, 3.05) is 17.7 Å². The molecule has 0 saturated carbocycles. The Hall–Kier alpha value is -1.36. The van der Waals surface area contributed by atoms with Gasteiger partial charge < -0.3 is 10.3 Å². The lowest BCUT2D eigenvalue weighted by atomic mass is 10.2. The Kier molecular flexibility index (Phi) is 3.19. The molecule has 1 aromatic carbocycles. The van der Waals surface area contributed by atoms with Crippen LogP contribution in [0.3, 0.4) is 0 Å². The first-order valence-corrected chi connectivity index (χ1v) is 7.26. The minimum absolute atomic E-state index is 0.0912. The van der Waals surface area contributed by atoms with E-state index in [0.29, 0.717) is 11.7 Å². The molecule has 0 aliphatic carbocycles. The van der Waals surface area contributed by atoms with Gasteiger partial charge in [-0.1, -0.05) is 6.07 Å². The lowest BCUT2D eigenvalue weighted by molar-refractivity contribution is 0.619. The summed E-state index contributed by atoms with van der Waals surface area (Å²) in [5, 5.41) is 0. The van der Waals surface area contributed by atoms with E-state index >= 15 is 0 Å². The first-order chi connectivity index (χ1) is 7.99. The topological polar surface area (TPSA) is 60.9 Å². The van der Waals surface area contributed by atoms with Gasteiger partial charge in [-0.3, -0.25) is 4.21 Å². The van der Waals surface area contributed by atoms with Crippen LogP contribution in [0.5, 0.6) is 0 Å². The van der Waals surface area contributed by atoms with Gasteiger partial charge >= 0.3 is 0 Å². The highest BCUT2D eigenvalue weighted by Gasteiger charge is 2.14. The summed E-state index contributed by atoms with van der Waals surface area (Å²) in [6, 6.07) is 6.16. The Morgan fingerprint density at radius 2 is 2.24 bits per heavy atom. The van der Waals surface area contributed by atoms with E-state index in [1.807, 2.05) is 36.6 Å². The van der Waals surface area contributed by atoms with E-state index in [0.717, 1.165) is 16.6 Å². The van der Waals surface area contributed by atoms with Crippen LogP contribution >= 0.6 is 0 Å². The molecule has 2 aromatic rings. The summed E-state index contributed by atoms with van der Waals surface area (Å²) in [5.74, 6) is 1.08. The van der Waals surface area contributed by atoms with E-state index in [9.17, 15) is 4.21 Å². The van der Waals surface area contributed by atoms with Crippen LogP contribution in [-0.2, 0) is 10.8 Å². The minimum Gasteiger partial charge on any atom is -0.369 e. The van der Waals surface area contributed by atoms with Crippen molar-refractivity contribution >= 4 is 27.8 Å². The van der Waals surface area contributed by atoms with Gasteiger partial charge in [0.05, 0.1) is 11.0 Å². The quantitative estimate of drug-likeness (QED) is 0.905. The number of nitrogens with two attached hydrogens (primary N) is 1. The van der Waals surface area contributed by atoms with Crippen molar-refractivity contribution in [2.45, 2.75) is 19.9 Å². The van der Waals surface area contributed by atoms with Gasteiger partial charge in [0.25, 0.3) is 0 Å². The molecule has 0 saturated heterocycles. The summed E-state index contributed by atoms with van der Waals surface area (Å²) in [5.41, 5.74) is 9.00. The molecular weight excluding hydrogens is 234 g/mol. The number of hydrogen-bond acceptors (Lipinski definition) is 3. The van der Waals surface area contributed by atoms with Crippen LogP contribution < -0.4 is 5.73 Å². The van der Waals surface area contributed by atoms with Crippen LogP contribution in [0, 0.1) is 6.92 Å². The lowest BCUT2D eigenvalue weighted by Crippen LogP contribution is -2.14. The summed E-state index contributed by atoms with van der Waals surface area (Å²) in [6.45, 7) is 4.04. The molecule has 2 N–H and O–H groups in total. The molecule has 0 aliphatic rings. The molecule has 1 aromatic heterocycles. The smallest absolute Gasteiger partial charge is 0.201 e. The number of anilines is 1. The highest BCUT2D eigenvalue weighted by molar-refractivity contribution is 7.84. The van der Waals surface area contributed by atoms with Gasteiger partial charge in [-0.05, 0) is 31.5 Å². The molecule has 0 aliphatic heterocycles. The Morgan fingerprint density at radius 1 is 1.53 bits per heavy atom. The van der Waals surface area contributed by atoms with E-state index in [4.69, 9.17) is 5.73 Å². The molecule has 0 amide bonds. The molecule has 5 heteroatoms.